The maximum absolute atomic E-state index is 13.2. The Morgan fingerprint density at radius 1 is 1.02 bits per heavy atom. The number of benzene rings is 3. The predicted molar refractivity (Wildman–Crippen MR) is 179 cm³/mol. The van der Waals surface area contributed by atoms with Crippen LogP contribution >= 0.6 is 0 Å². The first kappa shape index (κ1) is 33.7. The van der Waals surface area contributed by atoms with E-state index in [1.54, 1.807) is 55.4 Å². The Morgan fingerprint density at radius 3 is 2.56 bits per heavy atom. The first-order valence-corrected chi connectivity index (χ1v) is 15.4. The van der Waals surface area contributed by atoms with E-state index in [-0.39, 0.29) is 35.9 Å². The van der Waals surface area contributed by atoms with Crippen LogP contribution in [0.1, 0.15) is 51.4 Å². The Morgan fingerprint density at radius 2 is 1.79 bits per heavy atom. The molecule has 5 aromatic rings. The van der Waals surface area contributed by atoms with Gasteiger partial charge in [0.2, 0.25) is 5.56 Å². The number of amides is 2. The molecule has 6 N–H and O–H groups in total. The van der Waals surface area contributed by atoms with E-state index < -0.39 is 18.2 Å². The van der Waals surface area contributed by atoms with Gasteiger partial charge in [-0.15, -0.1) is 0 Å². The number of carbonyl (C=O) groups excluding carboxylic acids is 1. The minimum absolute atomic E-state index is 0.0675. The topological polar surface area (TPSA) is 182 Å². The quantitative estimate of drug-likeness (QED) is 0.0973. The van der Waals surface area contributed by atoms with Gasteiger partial charge in [0.05, 0.1) is 17.7 Å². The third-order valence-corrected chi connectivity index (χ3v) is 7.93. The normalized spacial score (nSPS) is 12.4. The monoisotopic (exact) mass is 654 g/mol. The van der Waals surface area contributed by atoms with Gasteiger partial charge < -0.3 is 40.6 Å². The maximum Gasteiger partial charge on any atom is 0.405 e. The Kier molecular flexibility index (Phi) is 10.7. The van der Waals surface area contributed by atoms with Gasteiger partial charge in [-0.3, -0.25) is 14.3 Å². The molecule has 0 saturated heterocycles. The summed E-state index contributed by atoms with van der Waals surface area (Å²) in [6.45, 7) is 1.35. The number of aliphatic hydroxyl groups excluding tert-OH is 1. The highest BCUT2D eigenvalue weighted by molar-refractivity contribution is 5.92. The van der Waals surface area contributed by atoms with E-state index in [1.807, 2.05) is 36.4 Å². The van der Waals surface area contributed by atoms with Crippen molar-refractivity contribution in [3.8, 4) is 11.5 Å². The van der Waals surface area contributed by atoms with Crippen molar-refractivity contribution in [2.75, 3.05) is 26.7 Å². The summed E-state index contributed by atoms with van der Waals surface area (Å²) in [6, 6.07) is 23.5. The fourth-order valence-corrected chi connectivity index (χ4v) is 5.50. The van der Waals surface area contributed by atoms with E-state index in [2.05, 4.69) is 20.7 Å². The Balaban J connectivity index is 1.11. The van der Waals surface area contributed by atoms with Crippen molar-refractivity contribution >= 4 is 22.9 Å². The van der Waals surface area contributed by atoms with Gasteiger partial charge in [-0.1, -0.05) is 48.5 Å². The number of aryl methyl sites for hydroxylation is 1. The number of carbonyl (C=O) groups is 2. The third-order valence-electron chi connectivity index (χ3n) is 7.93. The van der Waals surface area contributed by atoms with Crippen molar-refractivity contribution in [2.45, 2.75) is 25.2 Å². The highest BCUT2D eigenvalue weighted by Gasteiger charge is 2.20. The molecule has 13 heteroatoms. The highest BCUT2D eigenvalue weighted by Crippen LogP contribution is 2.29. The molecule has 2 aromatic heterocycles. The lowest BCUT2D eigenvalue weighted by atomic mass is 9.99. The van der Waals surface area contributed by atoms with Gasteiger partial charge in [0, 0.05) is 38.6 Å². The molecule has 48 heavy (non-hydrogen) atoms. The molecule has 0 aliphatic heterocycles. The summed E-state index contributed by atoms with van der Waals surface area (Å²) in [7, 11) is 3.41. The van der Waals surface area contributed by atoms with Crippen LogP contribution in [0, 0.1) is 0 Å². The molecule has 2 heterocycles. The predicted octanol–water partition coefficient (Wildman–Crippen LogP) is 3.69. The van der Waals surface area contributed by atoms with Crippen LogP contribution in [0.5, 0.6) is 11.5 Å². The summed E-state index contributed by atoms with van der Waals surface area (Å²) in [5, 5.41) is 41.0. The Labute approximate surface area is 276 Å². The van der Waals surface area contributed by atoms with Gasteiger partial charge in [-0.05, 0) is 60.0 Å². The lowest BCUT2D eigenvalue weighted by Crippen LogP contribution is -2.32. The molecule has 2 amide bonds. The lowest BCUT2D eigenvalue weighted by Gasteiger charge is -2.18. The lowest BCUT2D eigenvalue weighted by molar-refractivity contribution is 0.0782. The molecule has 0 saturated carbocycles. The number of aliphatic hydroxyl groups is 1. The zero-order chi connectivity index (χ0) is 34.2. The summed E-state index contributed by atoms with van der Waals surface area (Å²) >= 11 is 0. The van der Waals surface area contributed by atoms with E-state index in [9.17, 15) is 29.7 Å². The molecule has 5 rings (SSSR count). The van der Waals surface area contributed by atoms with E-state index in [1.165, 1.54) is 16.8 Å². The minimum atomic E-state index is -1.14. The number of phenolic OH excluding ortho intramolecular Hbond substituents is 1. The smallest absolute Gasteiger partial charge is 0.405 e. The van der Waals surface area contributed by atoms with Crippen LogP contribution in [0.3, 0.4) is 0 Å². The van der Waals surface area contributed by atoms with Crippen LogP contribution in [-0.2, 0) is 13.7 Å². The number of aromatic nitrogens is 3. The Hall–Kier alpha value is -5.66. The van der Waals surface area contributed by atoms with Crippen molar-refractivity contribution in [1.82, 2.24) is 30.3 Å². The molecule has 0 spiro atoms. The summed E-state index contributed by atoms with van der Waals surface area (Å²) < 4.78 is 7.49. The summed E-state index contributed by atoms with van der Waals surface area (Å²) in [4.78, 5) is 40.5. The standard InChI is InChI=1S/C35H38N6O7/c1-40(17-7-16-36-20-30(43)26-12-14-29(42)33-27(26)13-15-31(44)37-33)34(45)28-19-24(39-41(28)2)21-48-25-11-6-10-23(18-25)32(38-35(46)47)22-8-4-3-5-9-22/h3-6,8-15,18-19,30,32,36,38,42-43H,7,16-17,20-21H2,1-2H3,(H,37,44)(H,46,47)/t30-,32-/m0/s1. The molecular weight excluding hydrogens is 616 g/mol. The van der Waals surface area contributed by atoms with Gasteiger partial charge in [-0.2, -0.15) is 5.10 Å². The van der Waals surface area contributed by atoms with Crippen LogP contribution < -0.4 is 20.9 Å². The number of ether oxygens (including phenoxy) is 1. The number of phenols is 1. The third kappa shape index (κ3) is 8.18. The second-order valence-electron chi connectivity index (χ2n) is 11.4. The fourth-order valence-electron chi connectivity index (χ4n) is 5.50. The second-order valence-corrected chi connectivity index (χ2v) is 11.4. The summed E-state index contributed by atoms with van der Waals surface area (Å²) in [5.41, 5.74) is 2.99. The van der Waals surface area contributed by atoms with Gasteiger partial charge in [0.15, 0.2) is 0 Å². The number of pyridine rings is 1. The summed E-state index contributed by atoms with van der Waals surface area (Å²) in [6.07, 6.45) is -1.38. The van der Waals surface area contributed by atoms with Crippen LogP contribution in [0.25, 0.3) is 10.9 Å². The van der Waals surface area contributed by atoms with E-state index in [0.29, 0.717) is 47.6 Å². The number of hydrogen-bond acceptors (Lipinski definition) is 8. The number of nitrogens with one attached hydrogen (secondary N) is 3. The van der Waals surface area contributed by atoms with Crippen molar-refractivity contribution in [1.29, 1.82) is 0 Å². The van der Waals surface area contributed by atoms with Gasteiger partial charge in [0.1, 0.15) is 29.5 Å². The average molecular weight is 655 g/mol. The number of nitrogens with zero attached hydrogens (tertiary/aromatic N) is 3. The first-order chi connectivity index (χ1) is 23.1. The Bertz CT molecular complexity index is 1940. The first-order valence-electron chi connectivity index (χ1n) is 15.4. The van der Waals surface area contributed by atoms with Crippen molar-refractivity contribution in [3.05, 3.63) is 123 Å². The molecule has 0 bridgehead atoms. The number of carboxylic acid groups (broad SMARTS) is 1. The molecule has 0 unspecified atom stereocenters. The number of rotatable bonds is 14. The summed E-state index contributed by atoms with van der Waals surface area (Å²) in [5.74, 6) is 0.262. The van der Waals surface area contributed by atoms with E-state index in [4.69, 9.17) is 4.74 Å². The maximum atomic E-state index is 13.2. The van der Waals surface area contributed by atoms with Crippen molar-refractivity contribution in [3.63, 3.8) is 0 Å². The molecule has 13 nitrogen and oxygen atoms in total. The number of fused-ring (bicyclic) bond motifs is 1. The van der Waals surface area contributed by atoms with Gasteiger partial charge >= 0.3 is 6.09 Å². The van der Waals surface area contributed by atoms with Gasteiger partial charge in [0.25, 0.3) is 5.91 Å². The van der Waals surface area contributed by atoms with Crippen LogP contribution in [0.4, 0.5) is 4.79 Å². The average Bonchev–Trinajstić information content (AvgIpc) is 3.46. The molecule has 0 fully saturated rings. The number of hydrogen-bond donors (Lipinski definition) is 6. The molecule has 2 atom stereocenters. The second kappa shape index (κ2) is 15.3. The molecule has 250 valence electrons. The van der Waals surface area contributed by atoms with E-state index in [0.717, 1.165) is 11.1 Å². The zero-order valence-electron chi connectivity index (χ0n) is 26.6. The number of aromatic amines is 1. The molecule has 0 aliphatic carbocycles. The van der Waals surface area contributed by atoms with Crippen LogP contribution in [0.2, 0.25) is 0 Å². The number of H-pyrrole nitrogens is 1. The molecule has 3 aromatic carbocycles. The van der Waals surface area contributed by atoms with Crippen molar-refractivity contribution in [2.24, 2.45) is 7.05 Å². The van der Waals surface area contributed by atoms with Crippen molar-refractivity contribution < 1.29 is 29.6 Å². The largest absolute Gasteiger partial charge is 0.506 e. The molecule has 0 aliphatic rings. The minimum Gasteiger partial charge on any atom is -0.506 e. The van der Waals surface area contributed by atoms with E-state index >= 15 is 0 Å². The number of aromatic hydroxyl groups is 1. The fraction of sp³-hybridized carbons (Fsp3) is 0.257. The van der Waals surface area contributed by atoms with Crippen LogP contribution in [-0.4, -0.2) is 73.7 Å². The molecular formula is C35H38N6O7. The highest BCUT2D eigenvalue weighted by atomic mass is 16.5. The van der Waals surface area contributed by atoms with Gasteiger partial charge in [-0.25, -0.2) is 4.79 Å². The SMILES string of the molecule is CN(CCCNC[C@H](O)c1ccc(O)c2[nH]c(=O)ccc12)C(=O)c1cc(COc2cccc([C@@H](NC(=O)O)c3ccccc3)c2)nn1C. The molecule has 0 radical (unpaired) electrons. The van der Waals surface area contributed by atoms with Crippen LogP contribution in [0.15, 0.2) is 89.7 Å². The zero-order valence-corrected chi connectivity index (χ0v) is 26.6.